The Morgan fingerprint density at radius 1 is 1.29 bits per heavy atom. The molecule has 0 bridgehead atoms. The second-order valence-electron chi connectivity index (χ2n) is 5.09. The maximum absolute atomic E-state index is 12.5. The molecule has 0 heterocycles. The van der Waals surface area contributed by atoms with Gasteiger partial charge in [-0.1, -0.05) is 12.1 Å². The summed E-state index contributed by atoms with van der Waals surface area (Å²) in [5.41, 5.74) is 0. The lowest BCUT2D eigenvalue weighted by Crippen LogP contribution is -2.36. The van der Waals surface area contributed by atoms with E-state index in [9.17, 15) is 21.6 Å². The smallest absolute Gasteiger partial charge is 0.404 e. The molecule has 1 fully saturated rings. The van der Waals surface area contributed by atoms with Crippen molar-refractivity contribution in [2.24, 2.45) is 5.92 Å². The summed E-state index contributed by atoms with van der Waals surface area (Å²) in [5.74, 6) is -0.444. The van der Waals surface area contributed by atoms with Crippen LogP contribution in [-0.2, 0) is 10.0 Å². The fourth-order valence-corrected chi connectivity index (χ4v) is 3.66. The largest absolute Gasteiger partial charge is 0.573 e. The molecule has 0 spiro atoms. The third kappa shape index (κ3) is 3.68. The van der Waals surface area contributed by atoms with E-state index in [-0.39, 0.29) is 12.0 Å². The number of alkyl halides is 3. The molecule has 8 heteroatoms. The predicted molar refractivity (Wildman–Crippen MR) is 70.3 cm³/mol. The number of para-hydroxylation sites is 1. The molecule has 118 valence electrons. The van der Waals surface area contributed by atoms with E-state index < -0.39 is 27.0 Å². The highest BCUT2D eigenvalue weighted by atomic mass is 32.2. The van der Waals surface area contributed by atoms with Crippen molar-refractivity contribution in [1.82, 2.24) is 4.31 Å². The highest BCUT2D eigenvalue weighted by Gasteiger charge is 2.39. The van der Waals surface area contributed by atoms with Crippen LogP contribution in [0.15, 0.2) is 29.2 Å². The normalized spacial score (nSPS) is 17.8. The number of sulfonamides is 1. The molecular weight excluding hydrogens is 307 g/mol. The van der Waals surface area contributed by atoms with Crippen LogP contribution in [0.5, 0.6) is 5.75 Å². The minimum absolute atomic E-state index is 0.256. The quantitative estimate of drug-likeness (QED) is 0.837. The number of benzene rings is 1. The third-order valence-electron chi connectivity index (χ3n) is 3.61. The van der Waals surface area contributed by atoms with Gasteiger partial charge in [0.15, 0.2) is 0 Å². The Morgan fingerprint density at radius 2 is 1.86 bits per heavy atom. The SMILES string of the molecule is CC(C1CC1)N(C)S(=O)(=O)c1ccccc1OC(F)(F)F. The molecular formula is C13H16F3NO3S. The van der Waals surface area contributed by atoms with E-state index in [2.05, 4.69) is 4.74 Å². The van der Waals surface area contributed by atoms with Gasteiger partial charge in [0, 0.05) is 13.1 Å². The first-order chi connectivity index (χ1) is 9.63. The van der Waals surface area contributed by atoms with Crippen LogP contribution in [-0.4, -0.2) is 32.2 Å². The molecule has 1 aliphatic rings. The zero-order valence-corrected chi connectivity index (χ0v) is 12.4. The first-order valence-corrected chi connectivity index (χ1v) is 7.90. The molecule has 1 aromatic carbocycles. The average molecular weight is 323 g/mol. The molecule has 1 aliphatic carbocycles. The molecule has 1 aromatic rings. The van der Waals surface area contributed by atoms with Crippen LogP contribution in [0.25, 0.3) is 0 Å². The zero-order valence-electron chi connectivity index (χ0n) is 11.6. The Bertz CT molecular complexity index is 611. The monoisotopic (exact) mass is 323 g/mol. The molecule has 0 N–H and O–H groups in total. The third-order valence-corrected chi connectivity index (χ3v) is 5.59. The summed E-state index contributed by atoms with van der Waals surface area (Å²) in [6, 6.07) is 4.52. The van der Waals surface area contributed by atoms with Gasteiger partial charge in [-0.15, -0.1) is 13.2 Å². The van der Waals surface area contributed by atoms with Crippen molar-refractivity contribution in [3.05, 3.63) is 24.3 Å². The summed E-state index contributed by atoms with van der Waals surface area (Å²) in [6.07, 6.45) is -3.07. The van der Waals surface area contributed by atoms with Crippen LogP contribution in [0.4, 0.5) is 13.2 Å². The van der Waals surface area contributed by atoms with Gasteiger partial charge in [-0.3, -0.25) is 0 Å². The van der Waals surface area contributed by atoms with Gasteiger partial charge in [-0.25, -0.2) is 8.42 Å². The van der Waals surface area contributed by atoms with E-state index in [0.717, 1.165) is 29.3 Å². The van der Waals surface area contributed by atoms with Crippen molar-refractivity contribution >= 4 is 10.0 Å². The van der Waals surface area contributed by atoms with Gasteiger partial charge < -0.3 is 4.74 Å². The number of ether oxygens (including phenoxy) is 1. The second kappa shape index (κ2) is 5.49. The van der Waals surface area contributed by atoms with Crippen LogP contribution in [0.3, 0.4) is 0 Å². The average Bonchev–Trinajstić information content (AvgIpc) is 3.19. The van der Waals surface area contributed by atoms with Crippen LogP contribution in [0.2, 0.25) is 0 Å². The van der Waals surface area contributed by atoms with Crippen LogP contribution >= 0.6 is 0 Å². The molecule has 21 heavy (non-hydrogen) atoms. The van der Waals surface area contributed by atoms with Crippen molar-refractivity contribution in [2.45, 2.75) is 37.1 Å². The van der Waals surface area contributed by atoms with Gasteiger partial charge >= 0.3 is 6.36 Å². The fourth-order valence-electron chi connectivity index (χ4n) is 2.12. The maximum Gasteiger partial charge on any atom is 0.573 e. The molecule has 1 saturated carbocycles. The molecule has 2 rings (SSSR count). The van der Waals surface area contributed by atoms with Crippen LogP contribution < -0.4 is 4.74 Å². The Balaban J connectivity index is 2.35. The van der Waals surface area contributed by atoms with E-state index in [1.807, 2.05) is 0 Å². The summed E-state index contributed by atoms with van der Waals surface area (Å²) < 4.78 is 67.0. The van der Waals surface area contributed by atoms with Gasteiger partial charge in [0.2, 0.25) is 10.0 Å². The molecule has 1 atom stereocenters. The lowest BCUT2D eigenvalue weighted by atomic mass is 10.2. The molecule has 4 nitrogen and oxygen atoms in total. The topological polar surface area (TPSA) is 46.6 Å². The van der Waals surface area contributed by atoms with Crippen molar-refractivity contribution in [2.75, 3.05) is 7.05 Å². The van der Waals surface area contributed by atoms with Crippen molar-refractivity contribution in [3.8, 4) is 5.75 Å². The Morgan fingerprint density at radius 3 is 2.38 bits per heavy atom. The maximum atomic E-state index is 12.5. The molecule has 0 aliphatic heterocycles. The van der Waals surface area contributed by atoms with E-state index >= 15 is 0 Å². The molecule has 0 radical (unpaired) electrons. The van der Waals surface area contributed by atoms with E-state index in [1.165, 1.54) is 19.2 Å². The number of rotatable bonds is 5. The summed E-state index contributed by atoms with van der Waals surface area (Å²) in [5, 5.41) is 0. The Kier molecular flexibility index (Phi) is 4.21. The lowest BCUT2D eigenvalue weighted by molar-refractivity contribution is -0.275. The van der Waals surface area contributed by atoms with Gasteiger partial charge in [-0.2, -0.15) is 4.31 Å². The minimum atomic E-state index is -4.94. The van der Waals surface area contributed by atoms with E-state index in [0.29, 0.717) is 0 Å². The molecule has 0 saturated heterocycles. The summed E-state index contributed by atoms with van der Waals surface area (Å²) in [7, 11) is -2.66. The highest BCUT2D eigenvalue weighted by molar-refractivity contribution is 7.89. The molecule has 0 aromatic heterocycles. The predicted octanol–water partition coefficient (Wildman–Crippen LogP) is 3.00. The summed E-state index contributed by atoms with van der Waals surface area (Å²) in [4.78, 5) is -0.475. The van der Waals surface area contributed by atoms with Crippen molar-refractivity contribution < 1.29 is 26.3 Å². The Hall–Kier alpha value is -1.28. The first kappa shape index (κ1) is 16.1. The van der Waals surface area contributed by atoms with E-state index in [4.69, 9.17) is 0 Å². The second-order valence-corrected chi connectivity index (χ2v) is 7.06. The molecule has 1 unspecified atom stereocenters. The van der Waals surface area contributed by atoms with Gasteiger partial charge in [0.05, 0.1) is 0 Å². The van der Waals surface area contributed by atoms with Crippen molar-refractivity contribution in [1.29, 1.82) is 0 Å². The highest BCUT2D eigenvalue weighted by Crippen LogP contribution is 2.38. The summed E-state index contributed by atoms with van der Waals surface area (Å²) >= 11 is 0. The van der Waals surface area contributed by atoms with Gasteiger partial charge in [0.1, 0.15) is 10.6 Å². The standard InChI is InChI=1S/C13H16F3NO3S/c1-9(10-7-8-10)17(2)21(18,19)12-6-4-3-5-11(12)20-13(14,15)16/h3-6,9-10H,7-8H2,1-2H3. The summed E-state index contributed by atoms with van der Waals surface area (Å²) in [6.45, 7) is 1.75. The van der Waals surface area contributed by atoms with E-state index in [1.54, 1.807) is 6.92 Å². The Labute approximate surface area is 121 Å². The first-order valence-electron chi connectivity index (χ1n) is 6.46. The number of nitrogens with zero attached hydrogens (tertiary/aromatic N) is 1. The number of halogens is 3. The minimum Gasteiger partial charge on any atom is -0.404 e. The zero-order chi connectivity index (χ0) is 15.8. The van der Waals surface area contributed by atoms with Crippen molar-refractivity contribution in [3.63, 3.8) is 0 Å². The van der Waals surface area contributed by atoms with Gasteiger partial charge in [-0.05, 0) is 37.8 Å². The number of hydrogen-bond acceptors (Lipinski definition) is 3. The van der Waals surface area contributed by atoms with Crippen LogP contribution in [0, 0.1) is 5.92 Å². The van der Waals surface area contributed by atoms with Crippen LogP contribution in [0.1, 0.15) is 19.8 Å². The fraction of sp³-hybridized carbons (Fsp3) is 0.538. The molecule has 0 amide bonds. The van der Waals surface area contributed by atoms with Gasteiger partial charge in [0.25, 0.3) is 0 Å². The number of hydrogen-bond donors (Lipinski definition) is 0. The lowest BCUT2D eigenvalue weighted by Gasteiger charge is -2.25.